The molecule has 7 N–H and O–H groups in total. The average molecular weight is 559 g/mol. The van der Waals surface area contributed by atoms with Crippen LogP contribution in [0.4, 0.5) is 5.69 Å². The van der Waals surface area contributed by atoms with Crippen molar-refractivity contribution in [1.82, 2.24) is 10.2 Å². The number of ether oxygens (including phenoxy) is 1. The number of anilines is 1. The maximum absolute atomic E-state index is 14.3. The first-order valence-corrected chi connectivity index (χ1v) is 12.6. The van der Waals surface area contributed by atoms with Gasteiger partial charge in [-0.1, -0.05) is 0 Å². The molecule has 1 aromatic rings. The van der Waals surface area contributed by atoms with Gasteiger partial charge in [-0.25, -0.2) is 0 Å². The molecule has 0 radical (unpaired) electrons. The van der Waals surface area contributed by atoms with Gasteiger partial charge in [-0.3, -0.25) is 24.1 Å². The van der Waals surface area contributed by atoms with Crippen molar-refractivity contribution in [3.63, 3.8) is 0 Å². The molecule has 13 nitrogen and oxygen atoms in total. The molecule has 0 unspecified atom stereocenters. The molecular formula is C27H34N4O9. The zero-order valence-corrected chi connectivity index (χ0v) is 22.9. The minimum atomic E-state index is -2.80. The highest BCUT2D eigenvalue weighted by atomic mass is 16.5. The number of nitrogens with one attached hydrogen (secondary N) is 1. The van der Waals surface area contributed by atoms with Gasteiger partial charge in [0.05, 0.1) is 11.6 Å². The van der Waals surface area contributed by atoms with Crippen molar-refractivity contribution < 1.29 is 44.3 Å². The Hall–Kier alpha value is -3.94. The molecule has 2 amide bonds. The third-order valence-electron chi connectivity index (χ3n) is 8.18. The highest BCUT2D eigenvalue weighted by molar-refractivity contribution is 6.24. The van der Waals surface area contributed by atoms with Crippen LogP contribution in [0.1, 0.15) is 17.5 Å². The summed E-state index contributed by atoms with van der Waals surface area (Å²) in [5.41, 5.74) is 0.988. The number of carbonyl (C=O) groups is 4. The minimum Gasteiger partial charge on any atom is -0.508 e. The Bertz CT molecular complexity index is 1380. The van der Waals surface area contributed by atoms with E-state index in [1.807, 2.05) is 0 Å². The molecule has 0 aromatic heterocycles. The van der Waals surface area contributed by atoms with E-state index >= 15 is 0 Å². The highest BCUT2D eigenvalue weighted by Crippen LogP contribution is 2.58. The average Bonchev–Trinajstić information content (AvgIpc) is 2.84. The lowest BCUT2D eigenvalue weighted by molar-refractivity contribution is -0.157. The number of likely N-dealkylation sites (N-methyl/N-ethyl adjacent to an activating group) is 1. The lowest BCUT2D eigenvalue weighted by atomic mass is 9.51. The fourth-order valence-electron chi connectivity index (χ4n) is 6.51. The number of phenols is 1. The maximum atomic E-state index is 14.3. The first kappa shape index (κ1) is 29.1. The molecule has 0 saturated heterocycles. The number of primary amides is 1. The topological polar surface area (TPSA) is 203 Å². The van der Waals surface area contributed by atoms with Crippen molar-refractivity contribution in [2.24, 2.45) is 17.1 Å². The number of nitrogens with two attached hydrogens (primary N) is 1. The zero-order valence-electron chi connectivity index (χ0n) is 22.9. The zero-order chi connectivity index (χ0) is 29.9. The van der Waals surface area contributed by atoms with Gasteiger partial charge in [-0.05, 0) is 44.6 Å². The molecule has 3 aliphatic rings. The Morgan fingerprint density at radius 2 is 1.80 bits per heavy atom. The first-order valence-electron chi connectivity index (χ1n) is 12.6. The number of fused-ring (bicyclic) bond motifs is 3. The summed E-state index contributed by atoms with van der Waals surface area (Å²) in [5, 5.41) is 48.1. The number of ketones is 2. The van der Waals surface area contributed by atoms with Gasteiger partial charge in [0.1, 0.15) is 29.4 Å². The van der Waals surface area contributed by atoms with Gasteiger partial charge in [0.15, 0.2) is 11.4 Å². The first-order chi connectivity index (χ1) is 18.6. The summed E-state index contributed by atoms with van der Waals surface area (Å²) in [7, 11) is 7.89. The predicted octanol–water partition coefficient (Wildman–Crippen LogP) is -0.837. The van der Waals surface area contributed by atoms with Gasteiger partial charge in [-0.2, -0.15) is 0 Å². The molecule has 0 spiro atoms. The molecule has 4 rings (SSSR count). The third kappa shape index (κ3) is 4.03. The van der Waals surface area contributed by atoms with Crippen LogP contribution in [-0.4, -0.2) is 109 Å². The lowest BCUT2D eigenvalue weighted by Gasteiger charge is -2.55. The lowest BCUT2D eigenvalue weighted by Crippen LogP contribution is -2.68. The maximum Gasteiger partial charge on any atom is 0.255 e. The summed E-state index contributed by atoms with van der Waals surface area (Å²) < 4.78 is 4.90. The SMILES string of the molecule is COCC(=O)NC[C@@]12Cc3c(N(C)C)ccc(O)c3C(O)=C1C(=O)[C@]1(O)C(O)=C(C(N)=O)C(=O)[C@@H](N(C)C)[C@@H]1C2. The highest BCUT2D eigenvalue weighted by Gasteiger charge is 2.67. The molecule has 216 valence electrons. The Labute approximate surface area is 230 Å². The van der Waals surface area contributed by atoms with Crippen LogP contribution in [0.25, 0.3) is 5.76 Å². The van der Waals surface area contributed by atoms with Crippen LogP contribution in [-0.2, 0) is 30.3 Å². The van der Waals surface area contributed by atoms with E-state index in [9.17, 15) is 39.6 Å². The number of aliphatic hydroxyl groups is 3. The van der Waals surface area contributed by atoms with Crippen molar-refractivity contribution in [2.45, 2.75) is 24.5 Å². The van der Waals surface area contributed by atoms with Gasteiger partial charge < -0.3 is 41.1 Å². The summed E-state index contributed by atoms with van der Waals surface area (Å²) in [4.78, 5) is 55.6. The largest absolute Gasteiger partial charge is 0.508 e. The van der Waals surface area contributed by atoms with Crippen molar-refractivity contribution >= 4 is 34.8 Å². The van der Waals surface area contributed by atoms with Crippen molar-refractivity contribution in [3.05, 3.63) is 40.2 Å². The van der Waals surface area contributed by atoms with Crippen LogP contribution in [0.3, 0.4) is 0 Å². The number of amides is 2. The van der Waals surface area contributed by atoms with Crippen LogP contribution in [0.2, 0.25) is 0 Å². The molecule has 0 bridgehead atoms. The minimum absolute atomic E-state index is 0.0106. The molecule has 1 saturated carbocycles. The van der Waals surface area contributed by atoms with Gasteiger partial charge in [-0.15, -0.1) is 0 Å². The van der Waals surface area contributed by atoms with Crippen LogP contribution in [0.15, 0.2) is 29.0 Å². The number of hydrogen-bond acceptors (Lipinski definition) is 11. The van der Waals surface area contributed by atoms with Gasteiger partial charge >= 0.3 is 0 Å². The number of Topliss-reactive ketones (excluding diaryl/α,β-unsaturated/α-hetero) is 2. The fourth-order valence-corrected chi connectivity index (χ4v) is 6.51. The van der Waals surface area contributed by atoms with Crippen LogP contribution < -0.4 is 16.0 Å². The van der Waals surface area contributed by atoms with E-state index in [1.54, 1.807) is 25.1 Å². The molecule has 0 heterocycles. The van der Waals surface area contributed by atoms with Crippen LogP contribution in [0.5, 0.6) is 5.75 Å². The molecule has 13 heteroatoms. The van der Waals surface area contributed by atoms with Gasteiger partial charge in [0, 0.05) is 50.3 Å². The van der Waals surface area contributed by atoms with Crippen LogP contribution in [0, 0.1) is 11.3 Å². The number of phenolic OH excluding ortho intramolecular Hbond substituents is 1. The second-order valence-corrected chi connectivity index (χ2v) is 11.0. The number of nitrogens with zero attached hydrogens (tertiary/aromatic N) is 2. The number of methoxy groups -OCH3 is 1. The second-order valence-electron chi connectivity index (χ2n) is 11.0. The van der Waals surface area contributed by atoms with E-state index in [-0.39, 0.29) is 42.9 Å². The molecule has 1 aromatic carbocycles. The standard InChI is InChI=1S/C27H34N4O9/c1-30(2)14-6-7-15(32)17-12(14)8-26(11-29-16(33)10-40-5)9-13-20(31(3)4)22(35)18(25(28)38)23(36)27(13,39)24(37)19(26)21(17)34/h6-7,13,20,32,34,36,39H,8-11H2,1-5H3,(H2,28,38)(H,29,33)/t13-,20-,26-,27+/m0/s1. The van der Waals surface area contributed by atoms with E-state index in [1.165, 1.54) is 32.2 Å². The fraction of sp³-hybridized carbons (Fsp3) is 0.481. The van der Waals surface area contributed by atoms with Gasteiger partial charge in [0.25, 0.3) is 5.91 Å². The van der Waals surface area contributed by atoms with E-state index in [2.05, 4.69) is 5.32 Å². The predicted molar refractivity (Wildman–Crippen MR) is 142 cm³/mol. The van der Waals surface area contributed by atoms with Crippen molar-refractivity contribution in [1.29, 1.82) is 0 Å². The summed E-state index contributed by atoms with van der Waals surface area (Å²) in [6.07, 6.45) is -0.175. The van der Waals surface area contributed by atoms with Crippen molar-refractivity contribution in [3.8, 4) is 5.75 Å². The van der Waals surface area contributed by atoms with E-state index in [0.717, 1.165) is 0 Å². The molecule has 0 aliphatic heterocycles. The Morgan fingerprint density at radius 3 is 2.35 bits per heavy atom. The monoisotopic (exact) mass is 558 g/mol. The molecule has 4 atom stereocenters. The second kappa shape index (κ2) is 9.91. The van der Waals surface area contributed by atoms with E-state index < -0.39 is 63.4 Å². The van der Waals surface area contributed by atoms with Crippen LogP contribution >= 0.6 is 0 Å². The van der Waals surface area contributed by atoms with Gasteiger partial charge in [0.2, 0.25) is 11.7 Å². The molecular weight excluding hydrogens is 524 g/mol. The molecule has 40 heavy (non-hydrogen) atoms. The third-order valence-corrected chi connectivity index (χ3v) is 8.18. The molecule has 1 fully saturated rings. The van der Waals surface area contributed by atoms with E-state index in [0.29, 0.717) is 11.3 Å². The number of benzene rings is 1. The number of aromatic hydroxyl groups is 1. The number of hydrogen-bond donors (Lipinski definition) is 6. The summed E-state index contributed by atoms with van der Waals surface area (Å²) in [6, 6.07) is 1.74. The molecule has 3 aliphatic carbocycles. The number of carbonyl (C=O) groups excluding carboxylic acids is 4. The quantitative estimate of drug-likeness (QED) is 0.228. The van der Waals surface area contributed by atoms with E-state index in [4.69, 9.17) is 10.5 Å². The summed E-state index contributed by atoms with van der Waals surface area (Å²) in [6.45, 7) is -0.497. The Morgan fingerprint density at radius 1 is 1.15 bits per heavy atom. The summed E-state index contributed by atoms with van der Waals surface area (Å²) in [5.74, 6) is -7.33. The number of rotatable bonds is 7. The Kier molecular flexibility index (Phi) is 7.20. The van der Waals surface area contributed by atoms with Crippen molar-refractivity contribution in [2.75, 3.05) is 53.4 Å². The Balaban J connectivity index is 2.05. The smallest absolute Gasteiger partial charge is 0.255 e. The normalized spacial score (nSPS) is 27.8. The summed E-state index contributed by atoms with van der Waals surface area (Å²) >= 11 is 0. The number of aliphatic hydroxyl groups excluding tert-OH is 2.